The van der Waals surface area contributed by atoms with Crippen LogP contribution in [0.25, 0.3) is 11.2 Å². The summed E-state index contributed by atoms with van der Waals surface area (Å²) in [7, 11) is 0. The van der Waals surface area contributed by atoms with Crippen molar-refractivity contribution in [1.29, 1.82) is 0 Å². The molecule has 0 aliphatic carbocycles. The summed E-state index contributed by atoms with van der Waals surface area (Å²) >= 11 is 0. The van der Waals surface area contributed by atoms with Gasteiger partial charge in [-0.05, 0) is 31.6 Å². The van der Waals surface area contributed by atoms with Crippen molar-refractivity contribution >= 4 is 17.0 Å². The molecule has 0 spiro atoms. The van der Waals surface area contributed by atoms with Gasteiger partial charge in [0, 0.05) is 32.4 Å². The van der Waals surface area contributed by atoms with Crippen molar-refractivity contribution in [3.05, 3.63) is 24.5 Å². The largest absolute Gasteiger partial charge is 0.396 e. The van der Waals surface area contributed by atoms with Gasteiger partial charge in [-0.1, -0.05) is 5.21 Å². The van der Waals surface area contributed by atoms with Gasteiger partial charge in [-0.3, -0.25) is 4.68 Å². The highest BCUT2D eigenvalue weighted by Crippen LogP contribution is 2.26. The molecule has 4 rings (SSSR count). The lowest BCUT2D eigenvalue weighted by Gasteiger charge is -2.33. The average Bonchev–Trinajstić information content (AvgIpc) is 3.29. The number of aromatic nitrogens is 7. The van der Waals surface area contributed by atoms with Crippen molar-refractivity contribution in [3.8, 4) is 0 Å². The summed E-state index contributed by atoms with van der Waals surface area (Å²) < 4.78 is 1.92. The lowest BCUT2D eigenvalue weighted by atomic mass is 9.98. The third-order valence-electron chi connectivity index (χ3n) is 4.64. The molecule has 25 heavy (non-hydrogen) atoms. The van der Waals surface area contributed by atoms with E-state index in [-0.39, 0.29) is 6.61 Å². The molecule has 3 aromatic heterocycles. The summed E-state index contributed by atoms with van der Waals surface area (Å²) in [5, 5.41) is 17.3. The number of hydrogen-bond donors (Lipinski definition) is 2. The number of aliphatic hydroxyl groups excluding tert-OH is 1. The molecule has 0 bridgehead atoms. The lowest BCUT2D eigenvalue weighted by molar-refractivity contribution is 0.288. The third kappa shape index (κ3) is 3.46. The average molecular weight is 342 g/mol. The Bertz CT molecular complexity index is 828. The molecule has 3 aromatic rings. The van der Waals surface area contributed by atoms with Crippen molar-refractivity contribution in [2.75, 3.05) is 24.6 Å². The van der Waals surface area contributed by atoms with E-state index in [1.165, 1.54) is 6.42 Å². The first-order valence-electron chi connectivity index (χ1n) is 8.72. The van der Waals surface area contributed by atoms with Crippen molar-refractivity contribution in [2.45, 2.75) is 32.2 Å². The molecule has 1 aliphatic heterocycles. The van der Waals surface area contributed by atoms with Crippen molar-refractivity contribution in [2.24, 2.45) is 5.92 Å². The molecule has 1 atom stereocenters. The minimum absolute atomic E-state index is 0.186. The van der Waals surface area contributed by atoms with Crippen LogP contribution in [0, 0.1) is 5.92 Å². The third-order valence-corrected chi connectivity index (χ3v) is 4.64. The van der Waals surface area contributed by atoms with E-state index in [9.17, 15) is 0 Å². The normalized spacial score (nSPS) is 18.1. The first-order chi connectivity index (χ1) is 12.3. The van der Waals surface area contributed by atoms with Gasteiger partial charge >= 0.3 is 0 Å². The van der Waals surface area contributed by atoms with Crippen LogP contribution < -0.4 is 4.90 Å². The topological polar surface area (TPSA) is 109 Å². The predicted molar refractivity (Wildman–Crippen MR) is 92.0 cm³/mol. The van der Waals surface area contributed by atoms with E-state index < -0.39 is 0 Å². The maximum atomic E-state index is 8.91. The molecular formula is C16H22N8O. The minimum Gasteiger partial charge on any atom is -0.396 e. The van der Waals surface area contributed by atoms with Crippen molar-refractivity contribution < 1.29 is 5.11 Å². The molecule has 0 saturated carbocycles. The Labute approximate surface area is 145 Å². The predicted octanol–water partition coefficient (Wildman–Crippen LogP) is 0.786. The summed E-state index contributed by atoms with van der Waals surface area (Å²) in [5.74, 6) is 1.42. The van der Waals surface area contributed by atoms with Crippen molar-refractivity contribution in [1.82, 2.24) is 34.9 Å². The SMILES string of the molecule is OCCCc1cn(CC2CCCN(c3ncnc4nc[nH]c34)C2)nn1. The number of nitrogens with zero attached hydrogens (tertiary/aromatic N) is 7. The number of piperidine rings is 1. The summed E-state index contributed by atoms with van der Waals surface area (Å²) in [6.45, 7) is 2.95. The number of rotatable bonds is 6. The first kappa shape index (κ1) is 15.9. The number of H-pyrrole nitrogens is 1. The van der Waals surface area contributed by atoms with Gasteiger partial charge in [0.2, 0.25) is 0 Å². The second-order valence-corrected chi connectivity index (χ2v) is 6.51. The summed E-state index contributed by atoms with van der Waals surface area (Å²) in [5.41, 5.74) is 2.55. The molecule has 1 fully saturated rings. The second kappa shape index (κ2) is 7.14. The quantitative estimate of drug-likeness (QED) is 0.681. The first-order valence-corrected chi connectivity index (χ1v) is 8.72. The van der Waals surface area contributed by atoms with Gasteiger partial charge in [-0.2, -0.15) is 0 Å². The second-order valence-electron chi connectivity index (χ2n) is 6.51. The van der Waals surface area contributed by atoms with Gasteiger partial charge in [-0.15, -0.1) is 5.10 Å². The van der Waals surface area contributed by atoms with Crippen LogP contribution in [0.1, 0.15) is 25.0 Å². The molecule has 1 saturated heterocycles. The Morgan fingerprint density at radius 3 is 3.16 bits per heavy atom. The Hall–Kier alpha value is -2.55. The molecule has 9 heteroatoms. The van der Waals surface area contributed by atoms with Gasteiger partial charge in [-0.25, -0.2) is 15.0 Å². The summed E-state index contributed by atoms with van der Waals surface area (Å²) in [6, 6.07) is 0. The number of aromatic amines is 1. The monoisotopic (exact) mass is 342 g/mol. The molecule has 9 nitrogen and oxygen atoms in total. The van der Waals surface area contributed by atoms with Gasteiger partial charge in [0.1, 0.15) is 11.8 Å². The fraction of sp³-hybridized carbons (Fsp3) is 0.562. The number of hydrogen-bond acceptors (Lipinski definition) is 7. The molecule has 2 N–H and O–H groups in total. The standard InChI is InChI=1S/C16H22N8O/c25-6-2-4-13-9-24(22-21-13)8-12-3-1-5-23(7-12)16-14-15(18-10-17-14)19-11-20-16/h9-12,25H,1-8H2,(H,17,18,19,20). The number of anilines is 1. The van der Waals surface area contributed by atoms with Crippen LogP contribution >= 0.6 is 0 Å². The van der Waals surface area contributed by atoms with Crippen LogP contribution in [-0.4, -0.2) is 59.7 Å². The van der Waals surface area contributed by atoms with Gasteiger partial charge in [0.25, 0.3) is 0 Å². The lowest BCUT2D eigenvalue weighted by Crippen LogP contribution is -2.37. The number of fused-ring (bicyclic) bond motifs is 1. The molecule has 4 heterocycles. The van der Waals surface area contributed by atoms with Crippen LogP contribution in [0.15, 0.2) is 18.9 Å². The molecule has 0 amide bonds. The van der Waals surface area contributed by atoms with E-state index in [1.807, 2.05) is 10.9 Å². The number of aliphatic hydroxyl groups is 1. The van der Waals surface area contributed by atoms with Crippen LogP contribution in [0.3, 0.4) is 0 Å². The van der Waals surface area contributed by atoms with E-state index in [1.54, 1.807) is 12.7 Å². The Morgan fingerprint density at radius 1 is 1.28 bits per heavy atom. The smallest absolute Gasteiger partial charge is 0.182 e. The van der Waals surface area contributed by atoms with Gasteiger partial charge in [0.05, 0.1) is 12.0 Å². The molecular weight excluding hydrogens is 320 g/mol. The zero-order chi connectivity index (χ0) is 17.1. The van der Waals surface area contributed by atoms with Crippen LogP contribution in [0.2, 0.25) is 0 Å². The fourth-order valence-corrected chi connectivity index (χ4v) is 3.47. The maximum absolute atomic E-state index is 8.91. The Kier molecular flexibility index (Phi) is 4.55. The number of aryl methyl sites for hydroxylation is 1. The van der Waals surface area contributed by atoms with E-state index in [4.69, 9.17) is 5.11 Å². The molecule has 1 aliphatic rings. The highest BCUT2D eigenvalue weighted by atomic mass is 16.2. The maximum Gasteiger partial charge on any atom is 0.182 e. The summed E-state index contributed by atoms with van der Waals surface area (Å²) in [4.78, 5) is 18.3. The van der Waals surface area contributed by atoms with Crippen LogP contribution in [0.4, 0.5) is 5.82 Å². The number of imidazole rings is 1. The zero-order valence-corrected chi connectivity index (χ0v) is 14.0. The zero-order valence-electron chi connectivity index (χ0n) is 14.0. The van der Waals surface area contributed by atoms with Gasteiger partial charge < -0.3 is 15.0 Å². The van der Waals surface area contributed by atoms with Gasteiger partial charge in [0.15, 0.2) is 11.5 Å². The Balaban J connectivity index is 1.44. The van der Waals surface area contributed by atoms with Crippen LogP contribution in [-0.2, 0) is 13.0 Å². The van der Waals surface area contributed by atoms with E-state index in [2.05, 4.69) is 35.1 Å². The molecule has 1 unspecified atom stereocenters. The summed E-state index contributed by atoms with van der Waals surface area (Å²) in [6.07, 6.45) is 9.01. The van der Waals surface area contributed by atoms with Crippen LogP contribution in [0.5, 0.6) is 0 Å². The molecule has 132 valence electrons. The van der Waals surface area contributed by atoms with Crippen molar-refractivity contribution in [3.63, 3.8) is 0 Å². The fourth-order valence-electron chi connectivity index (χ4n) is 3.47. The minimum atomic E-state index is 0.186. The number of nitrogens with one attached hydrogen (secondary N) is 1. The molecule has 0 aromatic carbocycles. The Morgan fingerprint density at radius 2 is 2.24 bits per heavy atom. The highest BCUT2D eigenvalue weighted by Gasteiger charge is 2.23. The van der Waals surface area contributed by atoms with E-state index in [0.29, 0.717) is 11.6 Å². The van der Waals surface area contributed by atoms with E-state index in [0.717, 1.165) is 55.9 Å². The highest BCUT2D eigenvalue weighted by molar-refractivity contribution is 5.82. The van der Waals surface area contributed by atoms with E-state index >= 15 is 0 Å². The molecule has 0 radical (unpaired) electrons.